The third kappa shape index (κ3) is 3.23. The van der Waals surface area contributed by atoms with Gasteiger partial charge in [0.15, 0.2) is 0 Å². The predicted octanol–water partition coefficient (Wildman–Crippen LogP) is 5.49. The van der Waals surface area contributed by atoms with E-state index in [0.717, 1.165) is 26.6 Å². The first kappa shape index (κ1) is 16.7. The van der Waals surface area contributed by atoms with Crippen LogP contribution in [0.3, 0.4) is 0 Å². The average Bonchev–Trinajstić information content (AvgIpc) is 2.58. The first-order chi connectivity index (χ1) is 11.5. The number of methoxy groups -OCH3 is 1. The van der Waals surface area contributed by atoms with Gasteiger partial charge in [-0.1, -0.05) is 23.2 Å². The van der Waals surface area contributed by atoms with E-state index < -0.39 is 5.97 Å². The molecule has 0 fully saturated rings. The molecule has 0 spiro atoms. The summed E-state index contributed by atoms with van der Waals surface area (Å²) in [5.41, 5.74) is 3.69. The van der Waals surface area contributed by atoms with E-state index >= 15 is 0 Å². The van der Waals surface area contributed by atoms with Crippen LogP contribution in [0.1, 0.15) is 15.9 Å². The summed E-state index contributed by atoms with van der Waals surface area (Å²) in [6.45, 7) is 1.92. The van der Waals surface area contributed by atoms with E-state index in [1.807, 2.05) is 31.2 Å². The van der Waals surface area contributed by atoms with Gasteiger partial charge in [0.2, 0.25) is 0 Å². The Morgan fingerprint density at radius 1 is 1.25 bits per heavy atom. The van der Waals surface area contributed by atoms with Gasteiger partial charge in [0.25, 0.3) is 0 Å². The molecule has 0 saturated carbocycles. The number of hydrogen-bond acceptors (Lipinski definition) is 4. The number of aryl methyl sites for hydroxylation is 1. The average molecular weight is 406 g/mol. The molecule has 0 aliphatic carbocycles. The number of halogens is 2. The fraction of sp³-hybridized carbons (Fsp3) is 0.111. The van der Waals surface area contributed by atoms with Crippen molar-refractivity contribution in [2.75, 3.05) is 12.4 Å². The largest absolute Gasteiger partial charge is 0.465 e. The summed E-state index contributed by atoms with van der Waals surface area (Å²) in [6.07, 6.45) is 1.71. The quantitative estimate of drug-likeness (QED) is 0.585. The van der Waals surface area contributed by atoms with Gasteiger partial charge in [-0.15, -0.1) is 0 Å². The summed E-state index contributed by atoms with van der Waals surface area (Å²) in [5.74, 6) is -0.395. The van der Waals surface area contributed by atoms with Crippen molar-refractivity contribution in [3.63, 3.8) is 0 Å². The number of aromatic nitrogens is 1. The molecule has 0 saturated heterocycles. The molecule has 0 unspecified atom stereocenters. The SMILES string of the molecule is COC(=O)c1cc(C)ccc1Nc1c(Br)cnc2ccc(Cl)cc12. The van der Waals surface area contributed by atoms with Crippen molar-refractivity contribution in [3.8, 4) is 0 Å². The monoisotopic (exact) mass is 404 g/mol. The van der Waals surface area contributed by atoms with Gasteiger partial charge in [0.1, 0.15) is 0 Å². The molecular formula is C18H14BrClN2O2. The molecule has 3 aromatic rings. The topological polar surface area (TPSA) is 51.2 Å². The summed E-state index contributed by atoms with van der Waals surface area (Å²) in [6, 6.07) is 11.1. The van der Waals surface area contributed by atoms with Gasteiger partial charge in [0.05, 0.1) is 34.0 Å². The van der Waals surface area contributed by atoms with Crippen molar-refractivity contribution in [3.05, 3.63) is 63.2 Å². The fourth-order valence-electron chi connectivity index (χ4n) is 2.45. The number of nitrogens with one attached hydrogen (secondary N) is 1. The van der Waals surface area contributed by atoms with Crippen LogP contribution in [-0.4, -0.2) is 18.1 Å². The lowest BCUT2D eigenvalue weighted by atomic mass is 10.1. The van der Waals surface area contributed by atoms with Crippen LogP contribution in [0, 0.1) is 6.92 Å². The standard InChI is InChI=1S/C18H14BrClN2O2/c1-10-3-5-16(13(7-10)18(23)24-2)22-17-12-8-11(20)4-6-15(12)21-9-14(17)19/h3-9H,1-2H3,(H,21,22). The maximum absolute atomic E-state index is 12.1. The van der Waals surface area contributed by atoms with Crippen molar-refractivity contribution >= 4 is 55.8 Å². The smallest absolute Gasteiger partial charge is 0.339 e. The van der Waals surface area contributed by atoms with Crippen LogP contribution in [0.2, 0.25) is 5.02 Å². The van der Waals surface area contributed by atoms with E-state index in [0.29, 0.717) is 16.3 Å². The highest BCUT2D eigenvalue weighted by atomic mass is 79.9. The zero-order chi connectivity index (χ0) is 17.3. The van der Waals surface area contributed by atoms with E-state index in [9.17, 15) is 4.79 Å². The summed E-state index contributed by atoms with van der Waals surface area (Å²) in [4.78, 5) is 16.4. The number of rotatable bonds is 3. The molecule has 4 nitrogen and oxygen atoms in total. The second kappa shape index (κ2) is 6.79. The van der Waals surface area contributed by atoms with E-state index in [-0.39, 0.29) is 0 Å². The molecule has 1 heterocycles. The molecule has 0 bridgehead atoms. The Hall–Kier alpha value is -2.11. The fourth-order valence-corrected chi connectivity index (χ4v) is 3.04. The Morgan fingerprint density at radius 3 is 2.79 bits per heavy atom. The minimum Gasteiger partial charge on any atom is -0.465 e. The molecule has 6 heteroatoms. The number of anilines is 2. The van der Waals surface area contributed by atoms with Gasteiger partial charge in [-0.3, -0.25) is 4.98 Å². The van der Waals surface area contributed by atoms with Crippen molar-refractivity contribution in [1.82, 2.24) is 4.98 Å². The number of nitrogens with zero attached hydrogens (tertiary/aromatic N) is 1. The van der Waals surface area contributed by atoms with Crippen LogP contribution in [0.4, 0.5) is 11.4 Å². The molecule has 1 N–H and O–H groups in total. The highest BCUT2D eigenvalue weighted by molar-refractivity contribution is 9.10. The first-order valence-corrected chi connectivity index (χ1v) is 8.36. The van der Waals surface area contributed by atoms with Crippen LogP contribution < -0.4 is 5.32 Å². The van der Waals surface area contributed by atoms with Gasteiger partial charge in [-0.2, -0.15) is 0 Å². The lowest BCUT2D eigenvalue weighted by Crippen LogP contribution is -2.06. The van der Waals surface area contributed by atoms with Crippen molar-refractivity contribution in [2.45, 2.75) is 6.92 Å². The van der Waals surface area contributed by atoms with Crippen LogP contribution in [0.25, 0.3) is 10.9 Å². The lowest BCUT2D eigenvalue weighted by Gasteiger charge is -2.15. The molecule has 0 aliphatic heterocycles. The van der Waals surface area contributed by atoms with Crippen LogP contribution in [0.5, 0.6) is 0 Å². The molecule has 0 radical (unpaired) electrons. The van der Waals surface area contributed by atoms with E-state index in [1.54, 1.807) is 18.3 Å². The number of hydrogen-bond donors (Lipinski definition) is 1. The molecule has 2 aromatic carbocycles. The van der Waals surface area contributed by atoms with Gasteiger partial charge >= 0.3 is 5.97 Å². The zero-order valence-electron chi connectivity index (χ0n) is 13.1. The number of ether oxygens (including phenoxy) is 1. The number of benzene rings is 2. The molecular weight excluding hydrogens is 392 g/mol. The third-order valence-electron chi connectivity index (χ3n) is 3.62. The van der Waals surface area contributed by atoms with Gasteiger partial charge in [-0.05, 0) is 53.2 Å². The molecule has 0 aliphatic rings. The van der Waals surface area contributed by atoms with Crippen molar-refractivity contribution in [1.29, 1.82) is 0 Å². The summed E-state index contributed by atoms with van der Waals surface area (Å²) >= 11 is 9.63. The minimum absolute atomic E-state index is 0.395. The number of carbonyl (C=O) groups excluding carboxylic acids is 1. The highest BCUT2D eigenvalue weighted by Gasteiger charge is 2.15. The Balaban J connectivity index is 2.16. The second-order valence-electron chi connectivity index (χ2n) is 5.31. The lowest BCUT2D eigenvalue weighted by molar-refractivity contribution is 0.0602. The number of pyridine rings is 1. The maximum Gasteiger partial charge on any atom is 0.339 e. The van der Waals surface area contributed by atoms with Crippen LogP contribution >= 0.6 is 27.5 Å². The Labute approximate surface area is 152 Å². The molecule has 122 valence electrons. The Morgan fingerprint density at radius 2 is 2.04 bits per heavy atom. The number of fused-ring (bicyclic) bond motifs is 1. The van der Waals surface area contributed by atoms with Crippen LogP contribution in [0.15, 0.2) is 47.1 Å². The first-order valence-electron chi connectivity index (χ1n) is 7.19. The van der Waals surface area contributed by atoms with Gasteiger partial charge in [0, 0.05) is 16.6 Å². The Bertz CT molecular complexity index is 938. The summed E-state index contributed by atoms with van der Waals surface area (Å²) < 4.78 is 5.65. The summed E-state index contributed by atoms with van der Waals surface area (Å²) in [5, 5.41) is 4.78. The van der Waals surface area contributed by atoms with E-state index in [2.05, 4.69) is 26.2 Å². The second-order valence-corrected chi connectivity index (χ2v) is 6.60. The van der Waals surface area contributed by atoms with E-state index in [1.165, 1.54) is 7.11 Å². The number of carbonyl (C=O) groups is 1. The minimum atomic E-state index is -0.395. The maximum atomic E-state index is 12.1. The molecule has 0 amide bonds. The van der Waals surface area contributed by atoms with Gasteiger partial charge < -0.3 is 10.1 Å². The molecule has 0 atom stereocenters. The van der Waals surface area contributed by atoms with E-state index in [4.69, 9.17) is 16.3 Å². The molecule has 24 heavy (non-hydrogen) atoms. The van der Waals surface area contributed by atoms with Crippen molar-refractivity contribution in [2.24, 2.45) is 0 Å². The summed E-state index contributed by atoms with van der Waals surface area (Å²) in [7, 11) is 1.37. The predicted molar refractivity (Wildman–Crippen MR) is 100 cm³/mol. The normalized spacial score (nSPS) is 10.7. The van der Waals surface area contributed by atoms with Crippen molar-refractivity contribution < 1.29 is 9.53 Å². The number of esters is 1. The molecule has 3 rings (SSSR count). The molecule has 1 aromatic heterocycles. The zero-order valence-corrected chi connectivity index (χ0v) is 15.4. The highest BCUT2D eigenvalue weighted by Crippen LogP contribution is 2.35. The third-order valence-corrected chi connectivity index (χ3v) is 4.46. The van der Waals surface area contributed by atoms with Gasteiger partial charge in [-0.25, -0.2) is 4.79 Å². The van der Waals surface area contributed by atoms with Crippen LogP contribution in [-0.2, 0) is 4.74 Å². The Kier molecular flexibility index (Phi) is 4.73.